The van der Waals surface area contributed by atoms with Gasteiger partial charge in [0.25, 0.3) is 0 Å². The number of amides is 1. The number of aliphatic hydroxyl groups excluding tert-OH is 1. The molecule has 0 saturated carbocycles. The molecule has 1 atom stereocenters. The third kappa shape index (κ3) is 4.93. The largest absolute Gasteiger partial charge is 0.493 e. The lowest BCUT2D eigenvalue weighted by Crippen LogP contribution is -2.28. The lowest BCUT2D eigenvalue weighted by atomic mass is 10.2. The van der Waals surface area contributed by atoms with Crippen LogP contribution < -0.4 is 10.1 Å². The molecule has 0 aliphatic heterocycles. The number of hydrogen-bond acceptors (Lipinski definition) is 4. The van der Waals surface area contributed by atoms with E-state index in [0.29, 0.717) is 25.2 Å². The van der Waals surface area contributed by atoms with Crippen molar-refractivity contribution in [3.05, 3.63) is 54.0 Å². The second kappa shape index (κ2) is 8.24. The normalized spacial score (nSPS) is 11.9. The van der Waals surface area contributed by atoms with Crippen LogP contribution in [0.4, 0.5) is 0 Å². The molecule has 0 saturated heterocycles. The molecule has 0 spiro atoms. The van der Waals surface area contributed by atoms with Crippen LogP contribution in [0.1, 0.15) is 30.3 Å². The van der Waals surface area contributed by atoms with Gasteiger partial charge in [-0.1, -0.05) is 18.2 Å². The first kappa shape index (κ1) is 16.1. The predicted molar refractivity (Wildman–Crippen MR) is 82.6 cm³/mol. The summed E-state index contributed by atoms with van der Waals surface area (Å²) < 4.78 is 10.7. The zero-order valence-electron chi connectivity index (χ0n) is 12.6. The average Bonchev–Trinajstić information content (AvgIpc) is 3.05. The maximum absolute atomic E-state index is 11.7. The van der Waals surface area contributed by atoms with Gasteiger partial charge in [0.2, 0.25) is 5.91 Å². The average molecular weight is 303 g/mol. The standard InChI is InChI=1S/C17H21NO4/c1-13-6-2-3-7-15(13)21-11-5-9-17(20)18-12-14(19)16-8-4-10-22-16/h2-4,6-8,10,14,19H,5,9,11-12H2,1H3,(H,18,20). The molecule has 118 valence electrons. The van der Waals surface area contributed by atoms with Crippen LogP contribution in [0.15, 0.2) is 47.1 Å². The lowest BCUT2D eigenvalue weighted by Gasteiger charge is -2.10. The topological polar surface area (TPSA) is 71.7 Å². The van der Waals surface area contributed by atoms with Crippen molar-refractivity contribution in [1.82, 2.24) is 5.32 Å². The van der Waals surface area contributed by atoms with Gasteiger partial charge >= 0.3 is 0 Å². The van der Waals surface area contributed by atoms with E-state index in [1.54, 1.807) is 12.1 Å². The smallest absolute Gasteiger partial charge is 0.220 e. The first-order chi connectivity index (χ1) is 10.7. The quantitative estimate of drug-likeness (QED) is 0.735. The molecule has 1 amide bonds. The van der Waals surface area contributed by atoms with Crippen LogP contribution in [0.3, 0.4) is 0 Å². The Morgan fingerprint density at radius 1 is 1.32 bits per heavy atom. The second-order valence-corrected chi connectivity index (χ2v) is 5.05. The molecule has 0 aliphatic carbocycles. The first-order valence-electron chi connectivity index (χ1n) is 7.33. The van der Waals surface area contributed by atoms with Gasteiger partial charge in [-0.3, -0.25) is 4.79 Å². The summed E-state index contributed by atoms with van der Waals surface area (Å²) in [6.07, 6.45) is 1.65. The summed E-state index contributed by atoms with van der Waals surface area (Å²) >= 11 is 0. The number of para-hydroxylation sites is 1. The summed E-state index contributed by atoms with van der Waals surface area (Å²) in [7, 11) is 0. The Morgan fingerprint density at radius 2 is 2.14 bits per heavy atom. The molecule has 1 aromatic carbocycles. The number of nitrogens with one attached hydrogen (secondary N) is 1. The molecular weight excluding hydrogens is 282 g/mol. The Balaban J connectivity index is 1.61. The van der Waals surface area contributed by atoms with Crippen LogP contribution in [0.25, 0.3) is 0 Å². The van der Waals surface area contributed by atoms with Gasteiger partial charge in [0.1, 0.15) is 17.6 Å². The van der Waals surface area contributed by atoms with E-state index in [1.165, 1.54) is 6.26 Å². The minimum Gasteiger partial charge on any atom is -0.493 e. The first-order valence-corrected chi connectivity index (χ1v) is 7.33. The highest BCUT2D eigenvalue weighted by Crippen LogP contribution is 2.16. The highest BCUT2D eigenvalue weighted by molar-refractivity contribution is 5.75. The molecule has 22 heavy (non-hydrogen) atoms. The lowest BCUT2D eigenvalue weighted by molar-refractivity contribution is -0.121. The zero-order chi connectivity index (χ0) is 15.8. The molecule has 2 rings (SSSR count). The third-order valence-corrected chi connectivity index (χ3v) is 3.26. The molecule has 0 radical (unpaired) electrons. The molecule has 0 fully saturated rings. The molecule has 1 heterocycles. The van der Waals surface area contributed by atoms with Crippen LogP contribution in [-0.4, -0.2) is 24.2 Å². The summed E-state index contributed by atoms with van der Waals surface area (Å²) in [6.45, 7) is 2.61. The molecule has 5 nitrogen and oxygen atoms in total. The zero-order valence-corrected chi connectivity index (χ0v) is 12.6. The Labute approximate surface area is 129 Å². The van der Waals surface area contributed by atoms with Gasteiger partial charge in [-0.2, -0.15) is 0 Å². The number of furan rings is 1. The summed E-state index contributed by atoms with van der Waals surface area (Å²) in [5, 5.41) is 12.5. The highest BCUT2D eigenvalue weighted by atomic mass is 16.5. The summed E-state index contributed by atoms with van der Waals surface area (Å²) in [6, 6.07) is 11.1. The van der Waals surface area contributed by atoms with Gasteiger partial charge < -0.3 is 19.6 Å². The SMILES string of the molecule is Cc1ccccc1OCCCC(=O)NCC(O)c1ccco1. The second-order valence-electron chi connectivity index (χ2n) is 5.05. The van der Waals surface area contributed by atoms with Crippen molar-refractivity contribution in [2.75, 3.05) is 13.2 Å². The number of hydrogen-bond donors (Lipinski definition) is 2. The minimum atomic E-state index is -0.817. The van der Waals surface area contributed by atoms with Gasteiger partial charge in [-0.05, 0) is 37.1 Å². The van der Waals surface area contributed by atoms with E-state index < -0.39 is 6.10 Å². The van der Waals surface area contributed by atoms with Crippen molar-refractivity contribution in [2.24, 2.45) is 0 Å². The monoisotopic (exact) mass is 303 g/mol. The Hall–Kier alpha value is -2.27. The van der Waals surface area contributed by atoms with E-state index in [9.17, 15) is 9.90 Å². The fourth-order valence-electron chi connectivity index (χ4n) is 2.01. The van der Waals surface area contributed by atoms with Gasteiger partial charge in [0.05, 0.1) is 19.4 Å². The highest BCUT2D eigenvalue weighted by Gasteiger charge is 2.11. The van der Waals surface area contributed by atoms with E-state index in [-0.39, 0.29) is 12.5 Å². The summed E-state index contributed by atoms with van der Waals surface area (Å²) in [5.74, 6) is 1.18. The van der Waals surface area contributed by atoms with Crippen molar-refractivity contribution >= 4 is 5.91 Å². The number of rotatable bonds is 8. The van der Waals surface area contributed by atoms with Gasteiger partial charge in [-0.25, -0.2) is 0 Å². The molecule has 2 aromatic rings. The number of ether oxygens (including phenoxy) is 1. The Morgan fingerprint density at radius 3 is 2.86 bits per heavy atom. The van der Waals surface area contributed by atoms with Crippen LogP contribution in [0.5, 0.6) is 5.75 Å². The van der Waals surface area contributed by atoms with Crippen molar-refractivity contribution in [2.45, 2.75) is 25.9 Å². The summed E-state index contributed by atoms with van der Waals surface area (Å²) in [4.78, 5) is 11.7. The van der Waals surface area contributed by atoms with Crippen LogP contribution in [0, 0.1) is 6.92 Å². The van der Waals surface area contributed by atoms with Crippen LogP contribution >= 0.6 is 0 Å². The third-order valence-electron chi connectivity index (χ3n) is 3.26. The predicted octanol–water partition coefficient (Wildman–Crippen LogP) is 2.60. The van der Waals surface area contributed by atoms with Crippen molar-refractivity contribution in [3.63, 3.8) is 0 Å². The van der Waals surface area contributed by atoms with Gasteiger partial charge in [0, 0.05) is 6.42 Å². The Bertz CT molecular complexity index is 580. The number of aliphatic hydroxyl groups is 1. The van der Waals surface area contributed by atoms with Gasteiger partial charge in [-0.15, -0.1) is 0 Å². The Kier molecular flexibility index (Phi) is 6.03. The van der Waals surface area contributed by atoms with Crippen LogP contribution in [-0.2, 0) is 4.79 Å². The maximum Gasteiger partial charge on any atom is 0.220 e. The molecule has 2 N–H and O–H groups in total. The molecule has 1 unspecified atom stereocenters. The number of carbonyl (C=O) groups is 1. The molecular formula is C17H21NO4. The maximum atomic E-state index is 11.7. The summed E-state index contributed by atoms with van der Waals surface area (Å²) in [5.41, 5.74) is 1.08. The fraction of sp³-hybridized carbons (Fsp3) is 0.353. The van der Waals surface area contributed by atoms with E-state index in [4.69, 9.17) is 9.15 Å². The molecule has 1 aromatic heterocycles. The minimum absolute atomic E-state index is 0.112. The fourth-order valence-corrected chi connectivity index (χ4v) is 2.01. The number of aryl methyl sites for hydroxylation is 1. The number of benzene rings is 1. The van der Waals surface area contributed by atoms with E-state index >= 15 is 0 Å². The van der Waals surface area contributed by atoms with E-state index in [0.717, 1.165) is 11.3 Å². The molecule has 0 bridgehead atoms. The molecule has 0 aliphatic rings. The van der Waals surface area contributed by atoms with E-state index in [2.05, 4.69) is 5.32 Å². The van der Waals surface area contributed by atoms with Crippen LogP contribution in [0.2, 0.25) is 0 Å². The van der Waals surface area contributed by atoms with Crippen molar-refractivity contribution in [1.29, 1.82) is 0 Å². The van der Waals surface area contributed by atoms with Gasteiger partial charge in [0.15, 0.2) is 0 Å². The van der Waals surface area contributed by atoms with E-state index in [1.807, 2.05) is 31.2 Å². The van der Waals surface area contributed by atoms with Crippen molar-refractivity contribution in [3.8, 4) is 5.75 Å². The number of carbonyl (C=O) groups excluding carboxylic acids is 1. The van der Waals surface area contributed by atoms with Crippen molar-refractivity contribution < 1.29 is 19.1 Å². The molecule has 5 heteroatoms.